The second kappa shape index (κ2) is 4.52. The molecule has 1 aliphatic heterocycles. The van der Waals surface area contributed by atoms with Crippen LogP contribution < -0.4 is 11.5 Å². The van der Waals surface area contributed by atoms with E-state index in [0.717, 1.165) is 23.9 Å². The van der Waals surface area contributed by atoms with Crippen LogP contribution in [0.1, 0.15) is 44.9 Å². The first kappa shape index (κ1) is 11.9. The summed E-state index contributed by atoms with van der Waals surface area (Å²) in [5.74, 6) is 1.82. The van der Waals surface area contributed by atoms with Crippen LogP contribution in [-0.4, -0.2) is 36.1 Å². The van der Waals surface area contributed by atoms with Crippen LogP contribution in [0.25, 0.3) is 0 Å². The highest BCUT2D eigenvalue weighted by molar-refractivity contribution is 5.00. The van der Waals surface area contributed by atoms with E-state index >= 15 is 0 Å². The van der Waals surface area contributed by atoms with Gasteiger partial charge in [-0.2, -0.15) is 0 Å². The number of hydrogen-bond acceptors (Lipinski definition) is 3. The van der Waals surface area contributed by atoms with Crippen molar-refractivity contribution < 1.29 is 0 Å². The maximum Gasteiger partial charge on any atom is 0.0138 e. The summed E-state index contributed by atoms with van der Waals surface area (Å²) < 4.78 is 0. The lowest BCUT2D eigenvalue weighted by molar-refractivity contribution is -0.0278. The van der Waals surface area contributed by atoms with Crippen molar-refractivity contribution in [2.45, 2.75) is 69.1 Å². The molecule has 0 aromatic heterocycles. The van der Waals surface area contributed by atoms with Gasteiger partial charge in [-0.15, -0.1) is 0 Å². The molecule has 3 aliphatic rings. The van der Waals surface area contributed by atoms with Gasteiger partial charge in [0, 0.05) is 24.2 Å². The number of rotatable bonds is 0. The molecule has 1 saturated heterocycles. The van der Waals surface area contributed by atoms with Crippen LogP contribution in [0.4, 0.5) is 0 Å². The van der Waals surface area contributed by atoms with Crippen molar-refractivity contribution in [3.8, 4) is 0 Å². The Morgan fingerprint density at radius 3 is 1.71 bits per heavy atom. The van der Waals surface area contributed by atoms with Gasteiger partial charge in [-0.1, -0.05) is 0 Å². The SMILES string of the molecule is CN1C2CC(N)CCC2CC2CCC(N)CC21. The summed E-state index contributed by atoms with van der Waals surface area (Å²) in [6.07, 6.45) is 9.05. The summed E-state index contributed by atoms with van der Waals surface area (Å²) >= 11 is 0. The molecule has 98 valence electrons. The van der Waals surface area contributed by atoms with E-state index in [1.165, 1.54) is 44.9 Å². The molecule has 0 radical (unpaired) electrons. The minimum absolute atomic E-state index is 0.438. The Bertz CT molecular complexity index is 255. The van der Waals surface area contributed by atoms with Crippen molar-refractivity contribution in [3.63, 3.8) is 0 Å². The molecular weight excluding hydrogens is 210 g/mol. The zero-order valence-electron chi connectivity index (χ0n) is 11.0. The van der Waals surface area contributed by atoms with Crippen LogP contribution in [0.5, 0.6) is 0 Å². The first-order chi connectivity index (χ1) is 8.15. The molecule has 3 rings (SSSR count). The van der Waals surface area contributed by atoms with Crippen LogP contribution >= 0.6 is 0 Å². The number of fused-ring (bicyclic) bond motifs is 2. The van der Waals surface area contributed by atoms with Crippen molar-refractivity contribution in [2.75, 3.05) is 7.05 Å². The monoisotopic (exact) mass is 237 g/mol. The molecule has 0 amide bonds. The molecule has 6 atom stereocenters. The average molecular weight is 237 g/mol. The molecule has 0 bridgehead atoms. The normalized spacial score (nSPS) is 51.7. The molecule has 3 fully saturated rings. The summed E-state index contributed by atoms with van der Waals surface area (Å²) in [7, 11) is 2.32. The van der Waals surface area contributed by atoms with E-state index in [9.17, 15) is 0 Å². The standard InChI is InChI=1S/C14H27N3/c1-17-13-7-11(15)4-2-9(13)6-10-3-5-12(16)8-14(10)17/h9-14H,2-8,15-16H2,1H3. The van der Waals surface area contributed by atoms with Gasteiger partial charge >= 0.3 is 0 Å². The van der Waals surface area contributed by atoms with Crippen molar-refractivity contribution in [2.24, 2.45) is 23.3 Å². The van der Waals surface area contributed by atoms with E-state index < -0.39 is 0 Å². The number of hydrogen-bond donors (Lipinski definition) is 2. The molecule has 4 N–H and O–H groups in total. The fourth-order valence-corrected chi connectivity index (χ4v) is 4.66. The van der Waals surface area contributed by atoms with Crippen LogP contribution in [0.15, 0.2) is 0 Å². The van der Waals surface area contributed by atoms with E-state index in [2.05, 4.69) is 11.9 Å². The topological polar surface area (TPSA) is 55.3 Å². The Labute approximate surface area is 105 Å². The number of nitrogens with two attached hydrogens (primary N) is 2. The van der Waals surface area contributed by atoms with Gasteiger partial charge in [0.15, 0.2) is 0 Å². The largest absolute Gasteiger partial charge is 0.328 e. The van der Waals surface area contributed by atoms with Gasteiger partial charge in [0.2, 0.25) is 0 Å². The third-order valence-electron chi connectivity index (χ3n) is 5.65. The number of nitrogens with zero attached hydrogens (tertiary/aromatic N) is 1. The lowest BCUT2D eigenvalue weighted by Gasteiger charge is -2.54. The summed E-state index contributed by atoms with van der Waals surface area (Å²) in [5, 5.41) is 0. The Hall–Kier alpha value is -0.120. The van der Waals surface area contributed by atoms with Gasteiger partial charge < -0.3 is 11.5 Å². The Balaban J connectivity index is 1.75. The zero-order chi connectivity index (χ0) is 12.0. The third-order valence-corrected chi connectivity index (χ3v) is 5.65. The molecule has 2 aliphatic carbocycles. The van der Waals surface area contributed by atoms with Crippen LogP contribution in [-0.2, 0) is 0 Å². The van der Waals surface area contributed by atoms with Gasteiger partial charge in [-0.05, 0) is 63.8 Å². The zero-order valence-corrected chi connectivity index (χ0v) is 11.0. The van der Waals surface area contributed by atoms with E-state index in [4.69, 9.17) is 11.5 Å². The molecule has 3 nitrogen and oxygen atoms in total. The van der Waals surface area contributed by atoms with Crippen molar-refractivity contribution in [3.05, 3.63) is 0 Å². The quantitative estimate of drug-likeness (QED) is 0.668. The molecule has 17 heavy (non-hydrogen) atoms. The highest BCUT2D eigenvalue weighted by Gasteiger charge is 2.44. The first-order valence-corrected chi connectivity index (χ1v) is 7.38. The second-order valence-electron chi connectivity index (χ2n) is 6.70. The number of piperidine rings is 1. The van der Waals surface area contributed by atoms with Crippen LogP contribution in [0.2, 0.25) is 0 Å². The minimum Gasteiger partial charge on any atom is -0.328 e. The lowest BCUT2D eigenvalue weighted by Crippen LogP contribution is -2.59. The fourth-order valence-electron chi connectivity index (χ4n) is 4.66. The highest BCUT2D eigenvalue weighted by atomic mass is 15.2. The third kappa shape index (κ3) is 2.13. The summed E-state index contributed by atoms with van der Waals surface area (Å²) in [5.41, 5.74) is 12.3. The van der Waals surface area contributed by atoms with Gasteiger partial charge in [-0.3, -0.25) is 4.90 Å². The molecular formula is C14H27N3. The molecule has 6 unspecified atom stereocenters. The maximum atomic E-state index is 6.15. The lowest BCUT2D eigenvalue weighted by atomic mass is 9.67. The molecule has 0 aromatic rings. The van der Waals surface area contributed by atoms with Gasteiger partial charge in [0.25, 0.3) is 0 Å². The van der Waals surface area contributed by atoms with Crippen molar-refractivity contribution >= 4 is 0 Å². The fraction of sp³-hybridized carbons (Fsp3) is 1.00. The smallest absolute Gasteiger partial charge is 0.0138 e. The van der Waals surface area contributed by atoms with E-state index in [1.54, 1.807) is 0 Å². The van der Waals surface area contributed by atoms with E-state index in [0.29, 0.717) is 12.1 Å². The molecule has 0 spiro atoms. The molecule has 3 heteroatoms. The predicted octanol–water partition coefficient (Wildman–Crippen LogP) is 1.31. The van der Waals surface area contributed by atoms with Gasteiger partial charge in [-0.25, -0.2) is 0 Å². The van der Waals surface area contributed by atoms with Crippen LogP contribution in [0, 0.1) is 11.8 Å². The Kier molecular flexibility index (Phi) is 3.18. The second-order valence-corrected chi connectivity index (χ2v) is 6.70. The van der Waals surface area contributed by atoms with Gasteiger partial charge in [0.1, 0.15) is 0 Å². The van der Waals surface area contributed by atoms with Crippen molar-refractivity contribution in [1.29, 1.82) is 0 Å². The van der Waals surface area contributed by atoms with E-state index in [1.807, 2.05) is 0 Å². The molecule has 0 aromatic carbocycles. The van der Waals surface area contributed by atoms with Crippen LogP contribution in [0.3, 0.4) is 0 Å². The average Bonchev–Trinajstić information content (AvgIpc) is 2.32. The maximum absolute atomic E-state index is 6.15. The first-order valence-electron chi connectivity index (χ1n) is 7.38. The van der Waals surface area contributed by atoms with Crippen molar-refractivity contribution in [1.82, 2.24) is 4.90 Å². The molecule has 2 saturated carbocycles. The number of likely N-dealkylation sites (tertiary alicyclic amines) is 1. The predicted molar refractivity (Wildman–Crippen MR) is 70.6 cm³/mol. The summed E-state index contributed by atoms with van der Waals surface area (Å²) in [6.45, 7) is 0. The van der Waals surface area contributed by atoms with E-state index in [-0.39, 0.29) is 0 Å². The summed E-state index contributed by atoms with van der Waals surface area (Å²) in [6, 6.07) is 2.36. The molecule has 1 heterocycles. The Morgan fingerprint density at radius 1 is 0.765 bits per heavy atom. The Morgan fingerprint density at radius 2 is 1.24 bits per heavy atom. The minimum atomic E-state index is 0.438. The van der Waals surface area contributed by atoms with Gasteiger partial charge in [0.05, 0.1) is 0 Å². The summed E-state index contributed by atoms with van der Waals surface area (Å²) in [4.78, 5) is 2.65. The highest BCUT2D eigenvalue weighted by Crippen LogP contribution is 2.44.